The first-order valence-corrected chi connectivity index (χ1v) is 11.9. The molecule has 0 bridgehead atoms. The molecule has 1 heterocycles. The first-order chi connectivity index (χ1) is 16.2. The standard InChI is InChI=1S/C28H33N3O3/c1-5-6-13-34-26-15-19(27(33)30-22-10-8-7-9-21(22)29)11-12-23(26)31-18(2)14-20-24(31)16-28(3,4)17-25(20)32/h7-12,14-15H,5-6,13,16-17,29H2,1-4H3,(H,30,33). The van der Waals surface area contributed by atoms with Crippen molar-refractivity contribution in [1.29, 1.82) is 0 Å². The highest BCUT2D eigenvalue weighted by Crippen LogP contribution is 2.39. The third-order valence-corrected chi connectivity index (χ3v) is 6.30. The van der Waals surface area contributed by atoms with Gasteiger partial charge in [0.1, 0.15) is 5.75 Å². The van der Waals surface area contributed by atoms with Gasteiger partial charge in [0, 0.05) is 28.9 Å². The molecule has 2 aromatic carbocycles. The normalized spacial score (nSPS) is 14.5. The Kier molecular flexibility index (Phi) is 6.51. The summed E-state index contributed by atoms with van der Waals surface area (Å²) in [6.45, 7) is 8.92. The molecule has 0 radical (unpaired) electrons. The molecule has 1 aromatic heterocycles. The Balaban J connectivity index is 1.75. The van der Waals surface area contributed by atoms with Crippen LogP contribution in [0.5, 0.6) is 5.75 Å². The van der Waals surface area contributed by atoms with E-state index in [1.807, 2.05) is 31.2 Å². The van der Waals surface area contributed by atoms with E-state index in [-0.39, 0.29) is 17.1 Å². The molecule has 1 aliphatic carbocycles. The molecule has 0 spiro atoms. The molecule has 0 aliphatic heterocycles. The zero-order valence-corrected chi connectivity index (χ0v) is 20.4. The number of hydrogen-bond acceptors (Lipinski definition) is 4. The fourth-order valence-corrected chi connectivity index (χ4v) is 4.57. The van der Waals surface area contributed by atoms with Gasteiger partial charge in [-0.25, -0.2) is 0 Å². The van der Waals surface area contributed by atoms with E-state index in [1.165, 1.54) is 0 Å². The van der Waals surface area contributed by atoms with E-state index in [4.69, 9.17) is 10.5 Å². The summed E-state index contributed by atoms with van der Waals surface area (Å²) in [5.41, 5.74) is 11.1. The minimum atomic E-state index is -0.257. The molecule has 1 amide bonds. The van der Waals surface area contributed by atoms with Crippen LogP contribution in [0.25, 0.3) is 5.69 Å². The maximum Gasteiger partial charge on any atom is 0.255 e. The largest absolute Gasteiger partial charge is 0.491 e. The maximum atomic E-state index is 13.0. The summed E-state index contributed by atoms with van der Waals surface area (Å²) in [7, 11) is 0. The number of anilines is 2. The van der Waals surface area contributed by atoms with E-state index in [0.717, 1.165) is 41.9 Å². The third kappa shape index (κ3) is 4.72. The zero-order valence-electron chi connectivity index (χ0n) is 20.4. The van der Waals surface area contributed by atoms with E-state index in [1.54, 1.807) is 24.3 Å². The number of nitrogens with two attached hydrogens (primary N) is 1. The van der Waals surface area contributed by atoms with Crippen LogP contribution in [0.4, 0.5) is 11.4 Å². The molecule has 6 nitrogen and oxygen atoms in total. The number of benzene rings is 2. The smallest absolute Gasteiger partial charge is 0.255 e. The summed E-state index contributed by atoms with van der Waals surface area (Å²) in [5.74, 6) is 0.546. The highest BCUT2D eigenvalue weighted by Gasteiger charge is 2.34. The van der Waals surface area contributed by atoms with Crippen molar-refractivity contribution in [2.75, 3.05) is 17.7 Å². The second-order valence-electron chi connectivity index (χ2n) is 9.85. The van der Waals surface area contributed by atoms with Gasteiger partial charge in [0.05, 0.1) is 23.7 Å². The molecule has 6 heteroatoms. The second-order valence-corrected chi connectivity index (χ2v) is 9.85. The number of carbonyl (C=O) groups excluding carboxylic acids is 2. The van der Waals surface area contributed by atoms with Gasteiger partial charge in [-0.2, -0.15) is 0 Å². The topological polar surface area (TPSA) is 86.3 Å². The van der Waals surface area contributed by atoms with Crippen LogP contribution in [0.1, 0.15) is 72.1 Å². The molecule has 0 saturated heterocycles. The summed E-state index contributed by atoms with van der Waals surface area (Å²) >= 11 is 0. The van der Waals surface area contributed by atoms with E-state index in [0.29, 0.717) is 35.7 Å². The van der Waals surface area contributed by atoms with E-state index < -0.39 is 0 Å². The molecule has 3 N–H and O–H groups in total. The number of unbranched alkanes of at least 4 members (excludes halogenated alkanes) is 1. The van der Waals surface area contributed by atoms with Crippen molar-refractivity contribution in [2.24, 2.45) is 5.41 Å². The number of nitrogen functional groups attached to an aromatic ring is 1. The Morgan fingerprint density at radius 3 is 2.65 bits per heavy atom. The number of para-hydroxylation sites is 2. The van der Waals surface area contributed by atoms with Gasteiger partial charge in [-0.3, -0.25) is 9.59 Å². The molecule has 3 aromatic rings. The number of hydrogen-bond donors (Lipinski definition) is 2. The molecule has 0 saturated carbocycles. The van der Waals surface area contributed by atoms with Crippen molar-refractivity contribution in [3.63, 3.8) is 0 Å². The highest BCUT2D eigenvalue weighted by atomic mass is 16.5. The number of nitrogens with one attached hydrogen (secondary N) is 1. The van der Waals surface area contributed by atoms with Gasteiger partial charge >= 0.3 is 0 Å². The summed E-state index contributed by atoms with van der Waals surface area (Å²) in [4.78, 5) is 25.8. The van der Waals surface area contributed by atoms with E-state index in [2.05, 4.69) is 30.7 Å². The Hall–Kier alpha value is -3.54. The first kappa shape index (κ1) is 23.6. The number of carbonyl (C=O) groups is 2. The number of nitrogens with zero attached hydrogens (tertiary/aromatic N) is 1. The second kappa shape index (κ2) is 9.37. The number of amides is 1. The van der Waals surface area contributed by atoms with Crippen LogP contribution in [-0.4, -0.2) is 22.9 Å². The Bertz CT molecular complexity index is 1240. The van der Waals surface area contributed by atoms with Gasteiger partial charge in [-0.15, -0.1) is 0 Å². The van der Waals surface area contributed by atoms with Crippen LogP contribution in [0, 0.1) is 12.3 Å². The lowest BCUT2D eigenvalue weighted by Gasteiger charge is -2.30. The van der Waals surface area contributed by atoms with Gasteiger partial charge < -0.3 is 20.4 Å². The molecule has 178 valence electrons. The van der Waals surface area contributed by atoms with Crippen molar-refractivity contribution in [1.82, 2.24) is 4.57 Å². The van der Waals surface area contributed by atoms with Crippen molar-refractivity contribution in [3.05, 3.63) is 71.0 Å². The Labute approximate surface area is 201 Å². The highest BCUT2D eigenvalue weighted by molar-refractivity contribution is 6.06. The van der Waals surface area contributed by atoms with Crippen molar-refractivity contribution in [2.45, 2.75) is 53.4 Å². The van der Waals surface area contributed by atoms with Gasteiger partial charge in [-0.1, -0.05) is 39.3 Å². The molecular weight excluding hydrogens is 426 g/mol. The molecule has 34 heavy (non-hydrogen) atoms. The van der Waals surface area contributed by atoms with E-state index in [9.17, 15) is 9.59 Å². The van der Waals surface area contributed by atoms with Crippen molar-refractivity contribution in [3.8, 4) is 11.4 Å². The van der Waals surface area contributed by atoms with Crippen LogP contribution in [0.2, 0.25) is 0 Å². The van der Waals surface area contributed by atoms with E-state index >= 15 is 0 Å². The van der Waals surface area contributed by atoms with Crippen LogP contribution < -0.4 is 15.8 Å². The number of ketones is 1. The molecule has 0 atom stereocenters. The number of ether oxygens (including phenoxy) is 1. The molecule has 0 fully saturated rings. The fraction of sp³-hybridized carbons (Fsp3) is 0.357. The predicted molar refractivity (Wildman–Crippen MR) is 136 cm³/mol. The predicted octanol–water partition coefficient (Wildman–Crippen LogP) is 5.95. The first-order valence-electron chi connectivity index (χ1n) is 11.9. The Morgan fingerprint density at radius 2 is 1.91 bits per heavy atom. The zero-order chi connectivity index (χ0) is 24.5. The van der Waals surface area contributed by atoms with Gasteiger partial charge in [0.25, 0.3) is 5.91 Å². The average Bonchev–Trinajstić information content (AvgIpc) is 3.10. The molecule has 4 rings (SSSR count). The minimum Gasteiger partial charge on any atom is -0.491 e. The monoisotopic (exact) mass is 459 g/mol. The summed E-state index contributed by atoms with van der Waals surface area (Å²) in [6, 6.07) is 14.6. The summed E-state index contributed by atoms with van der Waals surface area (Å²) < 4.78 is 8.30. The lowest BCUT2D eigenvalue weighted by molar-refractivity contribution is 0.0910. The average molecular weight is 460 g/mol. The summed E-state index contributed by atoms with van der Waals surface area (Å²) in [6.07, 6.45) is 3.25. The lowest BCUT2D eigenvalue weighted by Crippen LogP contribution is -2.28. The quantitative estimate of drug-likeness (QED) is 0.337. The Morgan fingerprint density at radius 1 is 1.15 bits per heavy atom. The van der Waals surface area contributed by atoms with Crippen molar-refractivity contribution < 1.29 is 14.3 Å². The number of aromatic nitrogens is 1. The lowest BCUT2D eigenvalue weighted by atomic mass is 9.76. The van der Waals surface area contributed by atoms with Crippen LogP contribution in [-0.2, 0) is 6.42 Å². The van der Waals surface area contributed by atoms with Crippen LogP contribution in [0.3, 0.4) is 0 Å². The van der Waals surface area contributed by atoms with Gasteiger partial charge in [-0.05, 0) is 61.6 Å². The van der Waals surface area contributed by atoms with Gasteiger partial charge in [0.15, 0.2) is 5.78 Å². The van der Waals surface area contributed by atoms with Gasteiger partial charge in [0.2, 0.25) is 0 Å². The SMILES string of the molecule is CCCCOc1cc(C(=O)Nc2ccccc2N)ccc1-n1c(C)cc2c1CC(C)(C)CC2=O. The number of rotatable bonds is 7. The number of fused-ring (bicyclic) bond motifs is 1. The maximum absolute atomic E-state index is 13.0. The minimum absolute atomic E-state index is 0.106. The molecular formula is C28H33N3O3. The van der Waals surface area contributed by atoms with Crippen LogP contribution >= 0.6 is 0 Å². The van der Waals surface area contributed by atoms with Crippen LogP contribution in [0.15, 0.2) is 48.5 Å². The number of aryl methyl sites for hydroxylation is 1. The fourth-order valence-electron chi connectivity index (χ4n) is 4.57. The van der Waals surface area contributed by atoms with Crippen molar-refractivity contribution >= 4 is 23.1 Å². The third-order valence-electron chi connectivity index (χ3n) is 6.30. The summed E-state index contributed by atoms with van der Waals surface area (Å²) in [5, 5.41) is 2.88. The molecule has 1 aliphatic rings. The number of Topliss-reactive ketones (excluding diaryl/α,β-unsaturated/α-hetero) is 1. The molecule has 0 unspecified atom stereocenters.